The molecule has 10 nitrogen and oxygen atoms in total. The van der Waals surface area contributed by atoms with Crippen LogP contribution in [0.25, 0.3) is 22.3 Å². The number of rotatable bonds is 3. The van der Waals surface area contributed by atoms with Crippen LogP contribution in [0.4, 0.5) is 4.39 Å². The summed E-state index contributed by atoms with van der Waals surface area (Å²) in [5.41, 5.74) is 8.70. The lowest BCUT2D eigenvalue weighted by molar-refractivity contribution is -0.640. The van der Waals surface area contributed by atoms with Crippen molar-refractivity contribution in [2.45, 2.75) is 63.4 Å². The molecule has 3 aliphatic heterocycles. The quantitative estimate of drug-likeness (QED) is 0.300. The topological polar surface area (TPSA) is 137 Å². The fourth-order valence-corrected chi connectivity index (χ4v) is 6.79. The van der Waals surface area contributed by atoms with Crippen LogP contribution in [-0.2, 0) is 39.4 Å². The molecule has 1 aliphatic carbocycles. The zero-order valence-electron chi connectivity index (χ0n) is 21.7. The van der Waals surface area contributed by atoms with Crippen LogP contribution in [-0.4, -0.2) is 50.7 Å². The Balaban J connectivity index is 1.49. The van der Waals surface area contributed by atoms with E-state index in [-0.39, 0.29) is 36.6 Å². The minimum absolute atomic E-state index is 0.0600. The van der Waals surface area contributed by atoms with Crippen LogP contribution < -0.4 is 11.3 Å². The minimum Gasteiger partial charge on any atom is -0.458 e. The van der Waals surface area contributed by atoms with E-state index in [2.05, 4.69) is 0 Å². The van der Waals surface area contributed by atoms with Crippen molar-refractivity contribution < 1.29 is 28.5 Å². The van der Waals surface area contributed by atoms with Crippen molar-refractivity contribution in [3.05, 3.63) is 66.6 Å². The minimum atomic E-state index is -1.58. The Labute approximate surface area is 222 Å². The van der Waals surface area contributed by atoms with E-state index in [0.29, 0.717) is 60.5 Å². The van der Waals surface area contributed by atoms with Gasteiger partial charge in [0.1, 0.15) is 18.0 Å². The molecular weight excluding hydrogens is 507 g/mol. The summed E-state index contributed by atoms with van der Waals surface area (Å²) in [6.07, 6.45) is -0.0936. The SMILES string of the molecule is Cc1c(F)cc2nc3c(c4c2c1CC[C@]4(C)[N+](=O)CC1(N)CCOC1)Cn1c-3cc2c(c1=O)COC(=O)C2O. The highest BCUT2D eigenvalue weighted by atomic mass is 19.1. The number of aliphatic hydroxyl groups excluding tert-OH is 1. The number of fused-ring (bicyclic) bond motifs is 5. The standard InChI is InChI=1S/C28H28FN4O6/c1-13-14-3-4-27(2,33(37)11-28(30)5-6-38-12-28)22-16-9-32-20(23(16)31-19(21(14)22)8-18(13)29)7-15-17(25(32)35)10-39-26(36)24(15)34/h7-8,24,34H,3-6,9-12,30H2,1-2H3/q+1/t24?,27-,28?/m0/s1. The lowest BCUT2D eigenvalue weighted by Crippen LogP contribution is -2.52. The van der Waals surface area contributed by atoms with Gasteiger partial charge in [0, 0.05) is 57.8 Å². The maximum Gasteiger partial charge on any atom is 0.340 e. The Hall–Kier alpha value is -3.54. The molecule has 0 radical (unpaired) electrons. The molecule has 39 heavy (non-hydrogen) atoms. The summed E-state index contributed by atoms with van der Waals surface area (Å²) in [4.78, 5) is 44.4. The number of aryl methyl sites for hydroxylation is 1. The number of aliphatic hydroxyl groups is 1. The number of ether oxygens (including phenoxy) is 2. The van der Waals surface area contributed by atoms with Crippen LogP contribution in [0.2, 0.25) is 0 Å². The fourth-order valence-electron chi connectivity index (χ4n) is 6.79. The number of carbonyl (C=O) groups is 1. The molecule has 1 fully saturated rings. The summed E-state index contributed by atoms with van der Waals surface area (Å²) in [5, 5.41) is 11.2. The first kappa shape index (κ1) is 24.5. The number of carbonyl (C=O) groups excluding carboxylic acids is 1. The van der Waals surface area contributed by atoms with Gasteiger partial charge in [0.2, 0.25) is 12.1 Å². The third kappa shape index (κ3) is 3.26. The average Bonchev–Trinajstić information content (AvgIpc) is 3.49. The zero-order valence-corrected chi connectivity index (χ0v) is 21.7. The van der Waals surface area contributed by atoms with Gasteiger partial charge in [-0.2, -0.15) is 0 Å². The van der Waals surface area contributed by atoms with E-state index in [1.165, 1.54) is 10.6 Å². The Morgan fingerprint density at radius 2 is 2.05 bits per heavy atom. The van der Waals surface area contributed by atoms with Gasteiger partial charge in [0.15, 0.2) is 6.10 Å². The molecule has 3 N–H and O–H groups in total. The number of halogens is 1. The van der Waals surface area contributed by atoms with Crippen molar-refractivity contribution in [3.63, 3.8) is 0 Å². The molecule has 3 atom stereocenters. The van der Waals surface area contributed by atoms with Crippen LogP contribution >= 0.6 is 0 Å². The summed E-state index contributed by atoms with van der Waals surface area (Å²) >= 11 is 0. The number of nitroso groups, excluding NO2 is 1. The summed E-state index contributed by atoms with van der Waals surface area (Å²) in [5.74, 6) is -1.21. The first-order chi connectivity index (χ1) is 18.5. The van der Waals surface area contributed by atoms with Crippen LogP contribution in [0, 0.1) is 17.6 Å². The van der Waals surface area contributed by atoms with Crippen molar-refractivity contribution in [1.82, 2.24) is 9.55 Å². The van der Waals surface area contributed by atoms with Crippen LogP contribution in [0.3, 0.4) is 0 Å². The van der Waals surface area contributed by atoms with E-state index < -0.39 is 28.7 Å². The van der Waals surface area contributed by atoms with Crippen LogP contribution in [0.1, 0.15) is 59.3 Å². The molecule has 0 spiro atoms. The smallest absolute Gasteiger partial charge is 0.340 e. The average molecular weight is 536 g/mol. The van der Waals surface area contributed by atoms with Crippen LogP contribution in [0.15, 0.2) is 16.9 Å². The Morgan fingerprint density at radius 1 is 1.26 bits per heavy atom. The predicted molar refractivity (Wildman–Crippen MR) is 137 cm³/mol. The van der Waals surface area contributed by atoms with Gasteiger partial charge in [-0.1, -0.05) is 0 Å². The van der Waals surface area contributed by atoms with Gasteiger partial charge in [-0.25, -0.2) is 14.2 Å². The number of pyridine rings is 2. The Bertz CT molecular complexity index is 1710. The number of nitrogens with zero attached hydrogens (tertiary/aromatic N) is 3. The molecule has 0 saturated carbocycles. The molecule has 3 aromatic rings. The van der Waals surface area contributed by atoms with Gasteiger partial charge in [-0.15, -0.1) is 0 Å². The van der Waals surface area contributed by atoms with Gasteiger partial charge < -0.3 is 24.9 Å². The number of cyclic esters (lactones) is 1. The first-order valence-corrected chi connectivity index (χ1v) is 13.1. The molecule has 0 amide bonds. The van der Waals surface area contributed by atoms with Gasteiger partial charge in [0.05, 0.1) is 35.6 Å². The molecular formula is C28H28FN4O6+. The lowest BCUT2D eigenvalue weighted by atomic mass is 9.73. The third-order valence-corrected chi connectivity index (χ3v) is 9.12. The van der Waals surface area contributed by atoms with Crippen molar-refractivity contribution in [2.75, 3.05) is 19.8 Å². The molecule has 11 heteroatoms. The molecule has 5 heterocycles. The predicted octanol–water partition coefficient (Wildman–Crippen LogP) is 2.02. The maximum absolute atomic E-state index is 15.1. The summed E-state index contributed by atoms with van der Waals surface area (Å²) in [6, 6.07) is 2.96. The molecule has 202 valence electrons. The monoisotopic (exact) mass is 535 g/mol. The van der Waals surface area contributed by atoms with Crippen molar-refractivity contribution >= 4 is 16.9 Å². The number of benzene rings is 1. The van der Waals surface area contributed by atoms with Crippen molar-refractivity contribution in [1.29, 1.82) is 0 Å². The zero-order chi connectivity index (χ0) is 27.4. The van der Waals surface area contributed by atoms with E-state index in [0.717, 1.165) is 21.3 Å². The van der Waals surface area contributed by atoms with Gasteiger partial charge in [-0.3, -0.25) is 4.79 Å². The summed E-state index contributed by atoms with van der Waals surface area (Å²) < 4.78 is 28.1. The van der Waals surface area contributed by atoms with E-state index in [1.807, 2.05) is 6.92 Å². The molecule has 0 bridgehead atoms. The largest absolute Gasteiger partial charge is 0.458 e. The maximum atomic E-state index is 15.1. The Morgan fingerprint density at radius 3 is 2.79 bits per heavy atom. The number of esters is 1. The van der Waals surface area contributed by atoms with E-state index in [4.69, 9.17) is 20.2 Å². The fraction of sp³-hybridized carbons (Fsp3) is 0.464. The number of hydrogen-bond acceptors (Lipinski definition) is 8. The molecule has 2 unspecified atom stereocenters. The lowest BCUT2D eigenvalue weighted by Gasteiger charge is -2.33. The second-order valence-corrected chi connectivity index (χ2v) is 11.5. The molecule has 2 aromatic heterocycles. The highest BCUT2D eigenvalue weighted by Gasteiger charge is 2.52. The summed E-state index contributed by atoms with van der Waals surface area (Å²) in [7, 11) is 0. The Kier molecular flexibility index (Phi) is 5.02. The van der Waals surface area contributed by atoms with E-state index in [9.17, 15) is 19.6 Å². The van der Waals surface area contributed by atoms with Gasteiger partial charge in [-0.05, 0) is 37.0 Å². The number of aromatic nitrogens is 2. The van der Waals surface area contributed by atoms with Gasteiger partial charge in [0.25, 0.3) is 5.56 Å². The molecule has 1 aromatic carbocycles. The van der Waals surface area contributed by atoms with E-state index >= 15 is 4.39 Å². The highest BCUT2D eigenvalue weighted by molar-refractivity contribution is 5.93. The van der Waals surface area contributed by atoms with Crippen molar-refractivity contribution in [3.8, 4) is 11.4 Å². The number of hydrogen-bond donors (Lipinski definition) is 2. The third-order valence-electron chi connectivity index (χ3n) is 9.12. The van der Waals surface area contributed by atoms with E-state index in [1.54, 1.807) is 13.0 Å². The molecule has 7 rings (SSSR count). The molecule has 1 saturated heterocycles. The second kappa shape index (κ2) is 8.00. The molecule has 4 aliphatic rings. The number of nitrogens with two attached hydrogens (primary N) is 1. The van der Waals surface area contributed by atoms with Crippen LogP contribution in [0.5, 0.6) is 0 Å². The normalized spacial score (nSPS) is 26.8. The van der Waals surface area contributed by atoms with Crippen molar-refractivity contribution in [2.24, 2.45) is 5.73 Å². The first-order valence-electron chi connectivity index (χ1n) is 13.1. The summed E-state index contributed by atoms with van der Waals surface area (Å²) in [6.45, 7) is 4.38. The second-order valence-electron chi connectivity index (χ2n) is 11.5. The van der Waals surface area contributed by atoms with Gasteiger partial charge >= 0.3 is 5.97 Å². The highest BCUT2D eigenvalue weighted by Crippen LogP contribution is 2.49.